The number of benzene rings is 1. The molecule has 13 heteroatoms. The summed E-state index contributed by atoms with van der Waals surface area (Å²) in [7, 11) is 1.49. The molecular formula is C23H26F4N4O5. The first-order valence-electron chi connectivity index (χ1n) is 11.3. The van der Waals surface area contributed by atoms with Crippen LogP contribution >= 0.6 is 0 Å². The van der Waals surface area contributed by atoms with E-state index in [4.69, 9.17) is 9.47 Å². The van der Waals surface area contributed by atoms with Gasteiger partial charge < -0.3 is 9.47 Å². The molecule has 0 aliphatic rings. The van der Waals surface area contributed by atoms with Crippen LogP contribution in [0.5, 0.6) is 5.75 Å². The van der Waals surface area contributed by atoms with Gasteiger partial charge in [-0.1, -0.05) is 25.5 Å². The minimum absolute atomic E-state index is 0.00791. The van der Waals surface area contributed by atoms with Crippen LogP contribution in [0, 0.1) is 0 Å². The summed E-state index contributed by atoms with van der Waals surface area (Å²) in [5.74, 6) is -2.14. The monoisotopic (exact) mass is 514 g/mol. The van der Waals surface area contributed by atoms with Crippen LogP contribution in [-0.4, -0.2) is 44.6 Å². The SMILES string of the molecule is CCCc1nn(C)c2c(=O)n(CCOc3ccc(CC(OCC)C(=O)OF)cc3)c(C(F)(F)F)nc12. The van der Waals surface area contributed by atoms with Crippen molar-refractivity contribution < 1.29 is 36.9 Å². The first-order chi connectivity index (χ1) is 17.1. The molecule has 0 spiro atoms. The fraction of sp³-hybridized carbons (Fsp3) is 0.478. The van der Waals surface area contributed by atoms with Gasteiger partial charge in [0.15, 0.2) is 11.6 Å². The number of carbonyl (C=O) groups excluding carboxylic acids is 1. The van der Waals surface area contributed by atoms with Crippen molar-refractivity contribution in [3.05, 3.63) is 51.7 Å². The molecule has 0 N–H and O–H groups in total. The van der Waals surface area contributed by atoms with Crippen LogP contribution in [0.4, 0.5) is 17.7 Å². The van der Waals surface area contributed by atoms with Crippen molar-refractivity contribution in [1.29, 1.82) is 0 Å². The lowest BCUT2D eigenvalue weighted by Crippen LogP contribution is -2.32. The largest absolute Gasteiger partial charge is 0.492 e. The summed E-state index contributed by atoms with van der Waals surface area (Å²) in [6, 6.07) is 6.26. The summed E-state index contributed by atoms with van der Waals surface area (Å²) < 4.78 is 66.0. The fourth-order valence-corrected chi connectivity index (χ4v) is 3.80. The van der Waals surface area contributed by atoms with Crippen molar-refractivity contribution in [3.8, 4) is 5.75 Å². The maximum atomic E-state index is 13.8. The van der Waals surface area contributed by atoms with E-state index in [1.165, 1.54) is 23.9 Å². The second-order valence-corrected chi connectivity index (χ2v) is 7.94. The standard InChI is InChI=1S/C23H26F4N4O5/c1-4-6-16-18-19(30(3)29-16)20(32)31(22(28-18)23(24,25)26)11-12-35-15-9-7-14(8-10-15)13-17(34-5-2)21(33)36-27/h7-10,17H,4-6,11-13H2,1-3H3. The summed E-state index contributed by atoms with van der Waals surface area (Å²) >= 11 is 0. The van der Waals surface area contributed by atoms with Gasteiger partial charge in [-0.25, -0.2) is 9.78 Å². The molecule has 0 radical (unpaired) electrons. The Bertz CT molecular complexity index is 1250. The third-order valence-corrected chi connectivity index (χ3v) is 5.39. The molecular weight excluding hydrogens is 488 g/mol. The van der Waals surface area contributed by atoms with Crippen molar-refractivity contribution in [2.24, 2.45) is 7.05 Å². The van der Waals surface area contributed by atoms with E-state index in [1.807, 2.05) is 6.92 Å². The van der Waals surface area contributed by atoms with Gasteiger partial charge in [0.2, 0.25) is 5.82 Å². The molecule has 2 aromatic heterocycles. The number of rotatable bonds is 11. The van der Waals surface area contributed by atoms with Crippen molar-refractivity contribution in [1.82, 2.24) is 19.3 Å². The number of hydrogen-bond acceptors (Lipinski definition) is 7. The Balaban J connectivity index is 1.78. The number of aryl methyl sites for hydroxylation is 2. The van der Waals surface area contributed by atoms with Crippen molar-refractivity contribution >= 4 is 17.0 Å². The first kappa shape index (κ1) is 27.1. The molecule has 0 fully saturated rings. The van der Waals surface area contributed by atoms with Crippen molar-refractivity contribution in [3.63, 3.8) is 0 Å². The molecule has 0 bridgehead atoms. The number of nitrogens with zero attached hydrogens (tertiary/aromatic N) is 4. The van der Waals surface area contributed by atoms with Gasteiger partial charge in [0.05, 0.1) is 12.2 Å². The molecule has 2 heterocycles. The Labute approximate surface area is 203 Å². The number of fused-ring (bicyclic) bond motifs is 1. The quantitative estimate of drug-likeness (QED) is 0.361. The Morgan fingerprint density at radius 2 is 1.86 bits per heavy atom. The summed E-state index contributed by atoms with van der Waals surface area (Å²) in [5.41, 5.74) is 0.0474. The van der Waals surface area contributed by atoms with Gasteiger partial charge in [0.25, 0.3) is 5.56 Å². The van der Waals surface area contributed by atoms with Gasteiger partial charge in [-0.05, 0) is 31.0 Å². The molecule has 1 atom stereocenters. The minimum Gasteiger partial charge on any atom is -0.492 e. The normalized spacial score (nSPS) is 12.6. The molecule has 36 heavy (non-hydrogen) atoms. The maximum absolute atomic E-state index is 13.8. The summed E-state index contributed by atoms with van der Waals surface area (Å²) in [5, 5.41) is 4.17. The zero-order valence-corrected chi connectivity index (χ0v) is 20.0. The number of aromatic nitrogens is 4. The molecule has 0 aliphatic carbocycles. The van der Waals surface area contributed by atoms with Gasteiger partial charge in [-0.3, -0.25) is 19.0 Å². The first-order valence-corrected chi connectivity index (χ1v) is 11.3. The van der Waals surface area contributed by atoms with Crippen LogP contribution in [0.3, 0.4) is 0 Å². The van der Waals surface area contributed by atoms with Crippen LogP contribution in [0.15, 0.2) is 29.1 Å². The topological polar surface area (TPSA) is 97.5 Å². The average molecular weight is 514 g/mol. The third kappa shape index (κ3) is 6.01. The highest BCUT2D eigenvalue weighted by molar-refractivity contribution is 5.77. The second kappa shape index (κ2) is 11.5. The number of hydrogen-bond donors (Lipinski definition) is 0. The smallest absolute Gasteiger partial charge is 0.449 e. The van der Waals surface area contributed by atoms with E-state index in [0.717, 1.165) is 0 Å². The molecule has 1 aromatic carbocycles. The van der Waals surface area contributed by atoms with E-state index in [-0.39, 0.29) is 30.7 Å². The van der Waals surface area contributed by atoms with Crippen molar-refractivity contribution in [2.45, 2.75) is 51.9 Å². The van der Waals surface area contributed by atoms with Gasteiger partial charge in [-0.15, -0.1) is 0 Å². The van der Waals surface area contributed by atoms with Gasteiger partial charge in [0.1, 0.15) is 17.9 Å². The van der Waals surface area contributed by atoms with Crippen LogP contribution in [0.2, 0.25) is 0 Å². The number of halogens is 4. The molecule has 196 valence electrons. The van der Waals surface area contributed by atoms with Crippen LogP contribution in [0.25, 0.3) is 11.0 Å². The summed E-state index contributed by atoms with van der Waals surface area (Å²) in [6.45, 7) is 3.04. The molecule has 1 unspecified atom stereocenters. The van der Waals surface area contributed by atoms with Crippen molar-refractivity contribution in [2.75, 3.05) is 13.2 Å². The predicted octanol–water partition coefficient (Wildman–Crippen LogP) is 3.56. The van der Waals surface area contributed by atoms with E-state index in [1.54, 1.807) is 19.1 Å². The lowest BCUT2D eigenvalue weighted by Gasteiger charge is -2.16. The zero-order valence-electron chi connectivity index (χ0n) is 20.0. The Morgan fingerprint density at radius 3 is 2.44 bits per heavy atom. The lowest BCUT2D eigenvalue weighted by molar-refractivity contribution is -0.196. The summed E-state index contributed by atoms with van der Waals surface area (Å²) in [6.07, 6.45) is -4.89. The van der Waals surface area contributed by atoms with Gasteiger partial charge in [0, 0.05) is 24.6 Å². The highest BCUT2D eigenvalue weighted by atomic mass is 19.4. The maximum Gasteiger partial charge on any atom is 0.449 e. The van der Waals surface area contributed by atoms with E-state index in [0.29, 0.717) is 34.4 Å². The predicted molar refractivity (Wildman–Crippen MR) is 120 cm³/mol. The number of ether oxygens (including phenoxy) is 2. The van der Waals surface area contributed by atoms with Crippen LogP contribution in [-0.2, 0) is 47.1 Å². The van der Waals surface area contributed by atoms with Gasteiger partial charge >= 0.3 is 12.1 Å². The van der Waals surface area contributed by atoms with E-state index in [9.17, 15) is 27.3 Å². The second-order valence-electron chi connectivity index (χ2n) is 7.94. The molecule has 0 saturated heterocycles. The molecule has 0 saturated carbocycles. The number of alkyl halides is 3. The molecule has 0 aliphatic heterocycles. The Morgan fingerprint density at radius 1 is 1.17 bits per heavy atom. The van der Waals surface area contributed by atoms with Crippen LogP contribution in [0.1, 0.15) is 37.4 Å². The fourth-order valence-electron chi connectivity index (χ4n) is 3.80. The average Bonchev–Trinajstić information content (AvgIpc) is 3.15. The van der Waals surface area contributed by atoms with E-state index < -0.39 is 36.2 Å². The van der Waals surface area contributed by atoms with Crippen LogP contribution < -0.4 is 10.3 Å². The lowest BCUT2D eigenvalue weighted by atomic mass is 10.1. The Hall–Kier alpha value is -3.48. The molecule has 9 nitrogen and oxygen atoms in total. The highest BCUT2D eigenvalue weighted by Crippen LogP contribution is 2.29. The zero-order chi connectivity index (χ0) is 26.5. The molecule has 0 amide bonds. The molecule has 3 aromatic rings. The minimum atomic E-state index is -4.85. The Kier molecular flexibility index (Phi) is 8.66. The third-order valence-electron chi connectivity index (χ3n) is 5.39. The number of carbonyl (C=O) groups is 1. The molecule has 3 rings (SSSR count). The van der Waals surface area contributed by atoms with E-state index in [2.05, 4.69) is 15.0 Å². The van der Waals surface area contributed by atoms with E-state index >= 15 is 0 Å². The highest BCUT2D eigenvalue weighted by Gasteiger charge is 2.38. The summed E-state index contributed by atoms with van der Waals surface area (Å²) in [4.78, 5) is 31.4. The van der Waals surface area contributed by atoms with Gasteiger partial charge in [-0.2, -0.15) is 18.3 Å².